The zero-order valence-electron chi connectivity index (χ0n) is 13.8. The van der Waals surface area contributed by atoms with Gasteiger partial charge >= 0.3 is 5.97 Å². The Labute approximate surface area is 154 Å². The van der Waals surface area contributed by atoms with Gasteiger partial charge in [0.25, 0.3) is 0 Å². The molecule has 0 aliphatic carbocycles. The van der Waals surface area contributed by atoms with Crippen LogP contribution < -0.4 is 5.32 Å². The zero-order valence-corrected chi connectivity index (χ0v) is 14.6. The van der Waals surface area contributed by atoms with E-state index in [1.165, 1.54) is 10.7 Å². The van der Waals surface area contributed by atoms with E-state index in [9.17, 15) is 10.1 Å². The van der Waals surface area contributed by atoms with E-state index < -0.39 is 5.97 Å². The molecule has 26 heavy (non-hydrogen) atoms. The predicted molar refractivity (Wildman–Crippen MR) is 96.8 cm³/mol. The van der Waals surface area contributed by atoms with Crippen molar-refractivity contribution >= 4 is 29.1 Å². The van der Waals surface area contributed by atoms with E-state index in [-0.39, 0.29) is 12.3 Å². The number of pyridine rings is 1. The minimum absolute atomic E-state index is 0.170. The van der Waals surface area contributed by atoms with Crippen molar-refractivity contribution in [3.8, 4) is 11.9 Å². The van der Waals surface area contributed by atoms with Crippen LogP contribution in [0.1, 0.15) is 23.0 Å². The van der Waals surface area contributed by atoms with E-state index in [4.69, 9.17) is 16.3 Å². The van der Waals surface area contributed by atoms with E-state index in [2.05, 4.69) is 21.5 Å². The molecule has 130 valence electrons. The summed E-state index contributed by atoms with van der Waals surface area (Å²) in [6.07, 6.45) is 1.59. The molecule has 0 spiro atoms. The van der Waals surface area contributed by atoms with Crippen molar-refractivity contribution < 1.29 is 9.53 Å². The molecule has 7 nitrogen and oxygen atoms in total. The number of rotatable bonds is 5. The summed E-state index contributed by atoms with van der Waals surface area (Å²) in [5.74, 6) is 0.354. The van der Waals surface area contributed by atoms with Crippen LogP contribution in [0.3, 0.4) is 0 Å². The van der Waals surface area contributed by atoms with Crippen LogP contribution in [-0.2, 0) is 4.74 Å². The number of aromatic nitrogens is 3. The number of esters is 1. The molecule has 1 aromatic carbocycles. The van der Waals surface area contributed by atoms with E-state index >= 15 is 0 Å². The molecule has 2 heterocycles. The van der Waals surface area contributed by atoms with Gasteiger partial charge in [0.2, 0.25) is 0 Å². The first-order valence-corrected chi connectivity index (χ1v) is 8.15. The molecule has 0 saturated heterocycles. The number of carbonyl (C=O) groups excluding carboxylic acids is 1. The number of carbonyl (C=O) groups is 1. The van der Waals surface area contributed by atoms with Crippen molar-refractivity contribution in [3.63, 3.8) is 0 Å². The Morgan fingerprint density at radius 1 is 1.31 bits per heavy atom. The highest BCUT2D eigenvalue weighted by atomic mass is 35.5. The van der Waals surface area contributed by atoms with Gasteiger partial charge in [0.15, 0.2) is 11.5 Å². The van der Waals surface area contributed by atoms with E-state index in [0.717, 1.165) is 5.69 Å². The highest BCUT2D eigenvalue weighted by Crippen LogP contribution is 2.20. The average Bonchev–Trinajstić information content (AvgIpc) is 3.14. The lowest BCUT2D eigenvalue weighted by Gasteiger charge is -2.08. The molecule has 0 bridgehead atoms. The number of anilines is 2. The SMILES string of the molecule is CCOC(=O)c1ccn(-c2cc(C#N)cc(Nc3ccc(Cl)cc3)n2)n1. The number of halogens is 1. The fraction of sp³-hybridized carbons (Fsp3) is 0.111. The summed E-state index contributed by atoms with van der Waals surface area (Å²) < 4.78 is 6.34. The third kappa shape index (κ3) is 3.99. The molecule has 2 aromatic heterocycles. The molecule has 0 aliphatic rings. The van der Waals surface area contributed by atoms with Gasteiger partial charge in [-0.3, -0.25) is 0 Å². The second kappa shape index (κ2) is 7.68. The lowest BCUT2D eigenvalue weighted by molar-refractivity contribution is 0.0519. The molecule has 0 aliphatic heterocycles. The van der Waals surface area contributed by atoms with Crippen molar-refractivity contribution in [1.82, 2.24) is 14.8 Å². The monoisotopic (exact) mass is 367 g/mol. The number of hydrogen-bond acceptors (Lipinski definition) is 6. The number of benzene rings is 1. The molecule has 3 aromatic rings. The standard InChI is InChI=1S/C18H14ClN5O2/c1-2-26-18(25)15-7-8-24(23-15)17-10-12(11-20)9-16(22-17)21-14-5-3-13(19)4-6-14/h3-10H,2H2,1H3,(H,21,22). The predicted octanol–water partition coefficient (Wildman–Crippen LogP) is 3.71. The van der Waals surface area contributed by atoms with E-state index in [1.54, 1.807) is 49.5 Å². The topological polar surface area (TPSA) is 92.8 Å². The number of nitrogens with one attached hydrogen (secondary N) is 1. The summed E-state index contributed by atoms with van der Waals surface area (Å²) >= 11 is 5.88. The van der Waals surface area contributed by atoms with Gasteiger partial charge in [-0.1, -0.05) is 11.6 Å². The molecule has 3 rings (SSSR count). The quantitative estimate of drug-likeness (QED) is 0.691. The molecule has 0 saturated carbocycles. The third-order valence-electron chi connectivity index (χ3n) is 3.37. The molecule has 0 amide bonds. The molecule has 1 N–H and O–H groups in total. The molecule has 0 unspecified atom stereocenters. The minimum Gasteiger partial charge on any atom is -0.461 e. The molecular formula is C18H14ClN5O2. The maximum Gasteiger partial charge on any atom is 0.358 e. The van der Waals surface area contributed by atoms with Crippen molar-refractivity contribution in [2.75, 3.05) is 11.9 Å². The van der Waals surface area contributed by atoms with Gasteiger partial charge in [-0.15, -0.1) is 0 Å². The summed E-state index contributed by atoms with van der Waals surface area (Å²) in [5.41, 5.74) is 1.35. The van der Waals surface area contributed by atoms with Crippen LogP contribution in [-0.4, -0.2) is 27.3 Å². The van der Waals surface area contributed by atoms with Crippen LogP contribution in [0, 0.1) is 11.3 Å². The largest absolute Gasteiger partial charge is 0.461 e. The molecular weight excluding hydrogens is 354 g/mol. The fourth-order valence-corrected chi connectivity index (χ4v) is 2.33. The van der Waals surface area contributed by atoms with E-state index in [1.807, 2.05) is 0 Å². The summed E-state index contributed by atoms with van der Waals surface area (Å²) in [6.45, 7) is 1.99. The second-order valence-corrected chi connectivity index (χ2v) is 5.65. The smallest absolute Gasteiger partial charge is 0.358 e. The Morgan fingerprint density at radius 3 is 2.77 bits per heavy atom. The van der Waals surface area contributed by atoms with Crippen molar-refractivity contribution in [2.45, 2.75) is 6.92 Å². The fourth-order valence-electron chi connectivity index (χ4n) is 2.21. The van der Waals surface area contributed by atoms with E-state index in [0.29, 0.717) is 22.2 Å². The number of ether oxygens (including phenoxy) is 1. The minimum atomic E-state index is -0.512. The van der Waals surface area contributed by atoms with Gasteiger partial charge in [0.05, 0.1) is 18.2 Å². The first-order chi connectivity index (χ1) is 12.6. The molecule has 0 atom stereocenters. The maximum absolute atomic E-state index is 11.8. The van der Waals surface area contributed by atoms with Crippen LogP contribution in [0.15, 0.2) is 48.7 Å². The van der Waals surface area contributed by atoms with Crippen molar-refractivity contribution in [2.24, 2.45) is 0 Å². The Morgan fingerprint density at radius 2 is 2.08 bits per heavy atom. The van der Waals surface area contributed by atoms with Crippen LogP contribution >= 0.6 is 11.6 Å². The summed E-state index contributed by atoms with van der Waals surface area (Å²) in [5, 5.41) is 17.2. The van der Waals surface area contributed by atoms with Gasteiger partial charge in [-0.2, -0.15) is 10.4 Å². The first-order valence-electron chi connectivity index (χ1n) is 7.77. The van der Waals surface area contributed by atoms with Crippen LogP contribution in [0.5, 0.6) is 0 Å². The second-order valence-electron chi connectivity index (χ2n) is 5.21. The Kier molecular flexibility index (Phi) is 5.15. The Balaban J connectivity index is 1.91. The highest BCUT2D eigenvalue weighted by Gasteiger charge is 2.12. The highest BCUT2D eigenvalue weighted by molar-refractivity contribution is 6.30. The third-order valence-corrected chi connectivity index (χ3v) is 3.62. The summed E-state index contributed by atoms with van der Waals surface area (Å²) in [6, 6.07) is 13.9. The van der Waals surface area contributed by atoms with Crippen molar-refractivity contribution in [3.05, 3.63) is 64.9 Å². The zero-order chi connectivity index (χ0) is 18.5. The van der Waals surface area contributed by atoms with Crippen LogP contribution in [0.25, 0.3) is 5.82 Å². The van der Waals surface area contributed by atoms with Gasteiger partial charge < -0.3 is 10.1 Å². The Bertz CT molecular complexity index is 976. The molecule has 8 heteroatoms. The van der Waals surface area contributed by atoms with Crippen LogP contribution in [0.4, 0.5) is 11.5 Å². The number of nitriles is 1. The number of nitrogens with zero attached hydrogens (tertiary/aromatic N) is 4. The van der Waals surface area contributed by atoms with Crippen molar-refractivity contribution in [1.29, 1.82) is 5.26 Å². The average molecular weight is 368 g/mol. The van der Waals surface area contributed by atoms with Gasteiger partial charge in [0.1, 0.15) is 5.82 Å². The molecule has 0 radical (unpaired) electrons. The van der Waals surface area contributed by atoms with Gasteiger partial charge in [-0.05, 0) is 43.3 Å². The lowest BCUT2D eigenvalue weighted by atomic mass is 10.2. The van der Waals surface area contributed by atoms with Gasteiger partial charge in [0, 0.05) is 23.0 Å². The Hall–Kier alpha value is -3.37. The summed E-state index contributed by atoms with van der Waals surface area (Å²) in [4.78, 5) is 16.2. The van der Waals surface area contributed by atoms with Gasteiger partial charge in [-0.25, -0.2) is 14.5 Å². The van der Waals surface area contributed by atoms with Crippen LogP contribution in [0.2, 0.25) is 5.02 Å². The normalized spacial score (nSPS) is 10.2. The first kappa shape index (κ1) is 17.5. The molecule has 0 fully saturated rings. The maximum atomic E-state index is 11.8. The number of hydrogen-bond donors (Lipinski definition) is 1. The summed E-state index contributed by atoms with van der Waals surface area (Å²) in [7, 11) is 0. The lowest BCUT2D eigenvalue weighted by Crippen LogP contribution is -2.08.